The van der Waals surface area contributed by atoms with Crippen LogP contribution in [0.4, 0.5) is 22.7 Å². The molecule has 0 unspecified atom stereocenters. The van der Waals surface area contributed by atoms with Gasteiger partial charge in [-0.05, 0) is 80.6 Å². The Morgan fingerprint density at radius 3 is 0.898 bits per heavy atom. The lowest BCUT2D eigenvalue weighted by molar-refractivity contribution is -0.0000121. The lowest BCUT2D eigenvalue weighted by atomic mass is 10.1. The molecule has 0 heterocycles. The fraction of sp³-hybridized carbons (Fsp3) is 0.547. The summed E-state index contributed by atoms with van der Waals surface area (Å²) < 4.78 is 12.0. The minimum absolute atomic E-state index is 0. The van der Waals surface area contributed by atoms with Gasteiger partial charge in [-0.2, -0.15) is 18.7 Å². The van der Waals surface area contributed by atoms with Crippen LogP contribution in [-0.4, -0.2) is 26.2 Å². The van der Waals surface area contributed by atoms with Crippen LogP contribution in [0.2, 0.25) is 0 Å². The minimum atomic E-state index is -2.74. The summed E-state index contributed by atoms with van der Waals surface area (Å²) in [6, 6.07) is 44.2. The van der Waals surface area contributed by atoms with Gasteiger partial charge >= 0.3 is 7.87 Å². The fourth-order valence-corrected chi connectivity index (χ4v) is 13.6. The molecule has 0 bridgehead atoms. The maximum Gasteiger partial charge on any atom is 0.405 e. The molecule has 0 aromatic heterocycles. The van der Waals surface area contributed by atoms with Crippen molar-refractivity contribution in [2.24, 2.45) is 0 Å². The molecule has 0 atom stereocenters. The molecule has 4 nitrogen and oxygen atoms in total. The van der Waals surface area contributed by atoms with Crippen LogP contribution in [0.25, 0.3) is 0 Å². The van der Waals surface area contributed by atoms with Crippen LogP contribution in [-0.2, 0) is 0 Å². The molecule has 0 saturated heterocycles. The number of anilines is 4. The summed E-state index contributed by atoms with van der Waals surface area (Å²) in [4.78, 5) is 0. The van der Waals surface area contributed by atoms with Crippen molar-refractivity contribution in [2.45, 2.75) is 163 Å². The number of aryl methyl sites for hydroxylation is 1. The first kappa shape index (κ1) is 50.6. The molecule has 6 heteroatoms. The van der Waals surface area contributed by atoms with Crippen molar-refractivity contribution in [2.75, 3.05) is 44.9 Å². The maximum atomic E-state index is 3.01. The van der Waals surface area contributed by atoms with Crippen molar-refractivity contribution in [3.8, 4) is 0 Å². The molecule has 0 fully saturated rings. The maximum absolute atomic E-state index is 3.01. The average Bonchev–Trinajstić information content (AvgIpc) is 3.26. The van der Waals surface area contributed by atoms with Gasteiger partial charge in [-0.25, -0.2) is 0 Å². The van der Waals surface area contributed by atoms with Crippen LogP contribution in [0.5, 0.6) is 0 Å². The number of nitrogens with zero attached hydrogens (tertiary/aromatic N) is 4. The van der Waals surface area contributed by atoms with Crippen molar-refractivity contribution in [1.82, 2.24) is 0 Å². The van der Waals surface area contributed by atoms with Gasteiger partial charge in [0, 0.05) is 0 Å². The first-order valence-electron chi connectivity index (χ1n) is 23.8. The standard InChI is InChI=1S/C53H82N4P.HI/c1-6-10-14-18-33-45-54(50-38-25-22-26-39-50)58(55(46-34-19-15-11-7-2)51-40-27-23-28-41-51,56(47-35-20-16-12-8-3)52-42-29-24-30-43-52)57(48-36-21-17-13-9-4)53-44-32-31-37-49(53)5;/h22-32,37-44H,6-21,33-36,45-48H2,1-5H3;1H/q+1;/p-1. The Morgan fingerprint density at radius 2 is 0.593 bits per heavy atom. The Bertz CT molecular complexity index is 1450. The SMILES string of the molecule is CCCCCCCN(c1ccccc1)[P+](N(CCCCCCC)c1ccccc1)(N(CCCCCCC)c1ccccc1)N(CCCCCCC)c1ccccc1C.[I-]. The summed E-state index contributed by atoms with van der Waals surface area (Å²) in [5.41, 5.74) is 6.78. The van der Waals surface area contributed by atoms with Gasteiger partial charge in [0.15, 0.2) is 0 Å². The normalized spacial score (nSPS) is 11.3. The van der Waals surface area contributed by atoms with Crippen molar-refractivity contribution >= 4 is 30.6 Å². The third kappa shape index (κ3) is 15.6. The molecule has 0 spiro atoms. The smallest absolute Gasteiger partial charge is 0.405 e. The van der Waals surface area contributed by atoms with Crippen LogP contribution in [0.3, 0.4) is 0 Å². The highest BCUT2D eigenvalue weighted by Gasteiger charge is 2.63. The minimum Gasteiger partial charge on any atom is -1.00 e. The highest BCUT2D eigenvalue weighted by Crippen LogP contribution is 2.74. The summed E-state index contributed by atoms with van der Waals surface area (Å²) in [5, 5.41) is 0. The van der Waals surface area contributed by atoms with Gasteiger partial charge in [0.05, 0.1) is 48.9 Å². The van der Waals surface area contributed by atoms with Gasteiger partial charge in [-0.15, -0.1) is 0 Å². The van der Waals surface area contributed by atoms with E-state index in [-0.39, 0.29) is 24.0 Å². The molecule has 59 heavy (non-hydrogen) atoms. The number of halogens is 1. The molecule has 4 rings (SSSR count). The topological polar surface area (TPSA) is 13.0 Å². The second kappa shape index (κ2) is 30.3. The molecule has 326 valence electrons. The highest BCUT2D eigenvalue weighted by atomic mass is 127. The zero-order valence-corrected chi connectivity index (χ0v) is 41.1. The summed E-state index contributed by atoms with van der Waals surface area (Å²) >= 11 is 0. The molecule has 4 aromatic carbocycles. The monoisotopic (exact) mass is 933 g/mol. The van der Waals surface area contributed by atoms with Crippen LogP contribution in [0.1, 0.15) is 162 Å². The number of para-hydroxylation sites is 4. The zero-order chi connectivity index (χ0) is 41.1. The van der Waals surface area contributed by atoms with Crippen LogP contribution >= 0.6 is 7.87 Å². The molecule has 0 aliphatic rings. The van der Waals surface area contributed by atoms with E-state index in [1.807, 2.05) is 0 Å². The van der Waals surface area contributed by atoms with Gasteiger partial charge in [0.2, 0.25) is 0 Å². The molecule has 0 amide bonds. The number of unbranched alkanes of at least 4 members (excludes halogenated alkanes) is 16. The van der Waals surface area contributed by atoms with E-state index < -0.39 is 7.87 Å². The summed E-state index contributed by atoms with van der Waals surface area (Å²) in [7, 11) is -2.74. The average molecular weight is 933 g/mol. The van der Waals surface area contributed by atoms with E-state index in [4.69, 9.17) is 0 Å². The van der Waals surface area contributed by atoms with E-state index in [1.54, 1.807) is 0 Å². The fourth-order valence-electron chi connectivity index (χ4n) is 8.55. The molecule has 0 aliphatic heterocycles. The second-order valence-corrected chi connectivity index (χ2v) is 19.5. The summed E-state index contributed by atoms with van der Waals surface area (Å²) in [6.45, 7) is 15.8. The largest absolute Gasteiger partial charge is 1.00 e. The van der Waals surface area contributed by atoms with Gasteiger partial charge in [-0.1, -0.05) is 203 Å². The van der Waals surface area contributed by atoms with E-state index in [9.17, 15) is 0 Å². The first-order valence-corrected chi connectivity index (χ1v) is 25.4. The molecular formula is C53H82IN4P. The van der Waals surface area contributed by atoms with E-state index >= 15 is 0 Å². The van der Waals surface area contributed by atoms with Crippen LogP contribution < -0.4 is 42.7 Å². The third-order valence-corrected chi connectivity index (χ3v) is 16.0. The molecule has 0 radical (unpaired) electrons. The van der Waals surface area contributed by atoms with E-state index in [2.05, 4.69) is 169 Å². The predicted molar refractivity (Wildman–Crippen MR) is 262 cm³/mol. The quantitative estimate of drug-likeness (QED) is 0.0275. The molecule has 0 N–H and O–H groups in total. The number of rotatable bonds is 32. The predicted octanol–water partition coefficient (Wildman–Crippen LogP) is 13.9. The highest BCUT2D eigenvalue weighted by molar-refractivity contribution is 7.81. The van der Waals surface area contributed by atoms with E-state index in [0.29, 0.717) is 0 Å². The van der Waals surface area contributed by atoms with Gasteiger partial charge in [0.1, 0.15) is 0 Å². The summed E-state index contributed by atoms with van der Waals surface area (Å²) in [6.07, 6.45) is 25.2. The van der Waals surface area contributed by atoms with E-state index in [1.165, 1.54) is 157 Å². The molecule has 0 aliphatic carbocycles. The Kier molecular flexibility index (Phi) is 26.0. The Morgan fingerprint density at radius 1 is 0.322 bits per heavy atom. The Labute approximate surface area is 381 Å². The molecular weight excluding hydrogens is 850 g/mol. The van der Waals surface area contributed by atoms with Crippen LogP contribution in [0, 0.1) is 6.92 Å². The van der Waals surface area contributed by atoms with Crippen molar-refractivity contribution < 1.29 is 24.0 Å². The lowest BCUT2D eigenvalue weighted by Crippen LogP contribution is -3.00. The van der Waals surface area contributed by atoms with Gasteiger partial charge in [0.25, 0.3) is 0 Å². The summed E-state index contributed by atoms with van der Waals surface area (Å²) in [5.74, 6) is 0. The van der Waals surface area contributed by atoms with E-state index in [0.717, 1.165) is 26.2 Å². The van der Waals surface area contributed by atoms with Crippen molar-refractivity contribution in [1.29, 1.82) is 0 Å². The van der Waals surface area contributed by atoms with Crippen molar-refractivity contribution in [3.63, 3.8) is 0 Å². The van der Waals surface area contributed by atoms with Crippen LogP contribution in [0.15, 0.2) is 115 Å². The Hall–Kier alpha value is -2.76. The van der Waals surface area contributed by atoms with Gasteiger partial charge < -0.3 is 24.0 Å². The molecule has 0 saturated carbocycles. The zero-order valence-electron chi connectivity index (χ0n) is 38.1. The lowest BCUT2D eigenvalue weighted by Gasteiger charge is -2.53. The number of hydrogen-bond donors (Lipinski definition) is 0. The number of benzene rings is 4. The van der Waals surface area contributed by atoms with Crippen molar-refractivity contribution in [3.05, 3.63) is 121 Å². The van der Waals surface area contributed by atoms with Gasteiger partial charge in [-0.3, -0.25) is 0 Å². The number of hydrogen-bond acceptors (Lipinski definition) is 4. The molecule has 4 aromatic rings. The Balaban J connectivity index is 0.00000930. The first-order chi connectivity index (χ1) is 28.6. The third-order valence-electron chi connectivity index (χ3n) is 11.7. The second-order valence-electron chi connectivity index (χ2n) is 16.5.